The normalized spacial score (nSPS) is 14.6. The predicted octanol–water partition coefficient (Wildman–Crippen LogP) is 3.74. The van der Waals surface area contributed by atoms with E-state index < -0.39 is 0 Å². The van der Waals surface area contributed by atoms with Gasteiger partial charge in [0.2, 0.25) is 5.91 Å². The van der Waals surface area contributed by atoms with Crippen LogP contribution in [0.3, 0.4) is 0 Å². The Labute approximate surface area is 181 Å². The van der Waals surface area contributed by atoms with E-state index in [1.165, 1.54) is 0 Å². The van der Waals surface area contributed by atoms with Crippen molar-refractivity contribution in [2.75, 3.05) is 26.2 Å². The molecular formula is C23H28N4O4. The zero-order valence-electron chi connectivity index (χ0n) is 18.7. The number of piperazine rings is 1. The Kier molecular flexibility index (Phi) is 5.56. The van der Waals surface area contributed by atoms with Crippen molar-refractivity contribution in [3.63, 3.8) is 0 Å². The fourth-order valence-corrected chi connectivity index (χ4v) is 4.09. The second kappa shape index (κ2) is 8.17. The van der Waals surface area contributed by atoms with Gasteiger partial charge in [-0.3, -0.25) is 9.59 Å². The molecule has 0 N–H and O–H groups in total. The number of carbonyl (C=O) groups excluding carboxylic acids is 2. The van der Waals surface area contributed by atoms with Crippen LogP contribution in [0.5, 0.6) is 0 Å². The summed E-state index contributed by atoms with van der Waals surface area (Å²) in [6.45, 7) is 11.7. The molecular weight excluding hydrogens is 396 g/mol. The van der Waals surface area contributed by atoms with Crippen LogP contribution in [0.4, 0.5) is 0 Å². The number of pyridine rings is 1. The maximum atomic E-state index is 13.5. The summed E-state index contributed by atoms with van der Waals surface area (Å²) in [5, 5.41) is 4.65. The molecule has 8 nitrogen and oxygen atoms in total. The second-order valence-electron chi connectivity index (χ2n) is 8.60. The molecule has 1 saturated heterocycles. The largest absolute Gasteiger partial charge is 0.466 e. The summed E-state index contributed by atoms with van der Waals surface area (Å²) in [5.41, 5.74) is 2.92. The van der Waals surface area contributed by atoms with Crippen molar-refractivity contribution in [2.45, 2.75) is 41.0 Å². The molecule has 0 radical (unpaired) electrons. The second-order valence-corrected chi connectivity index (χ2v) is 8.60. The lowest BCUT2D eigenvalue weighted by Crippen LogP contribution is -2.50. The average Bonchev–Trinajstić information content (AvgIpc) is 3.27. The molecule has 1 fully saturated rings. The molecule has 3 aromatic heterocycles. The number of aromatic nitrogens is 2. The number of aryl methyl sites for hydroxylation is 3. The third-order valence-corrected chi connectivity index (χ3v) is 5.67. The molecule has 0 aromatic carbocycles. The first-order chi connectivity index (χ1) is 14.7. The maximum absolute atomic E-state index is 13.5. The molecule has 0 saturated carbocycles. The first-order valence-electron chi connectivity index (χ1n) is 10.7. The number of furan rings is 1. The Morgan fingerprint density at radius 1 is 1.06 bits per heavy atom. The van der Waals surface area contributed by atoms with Gasteiger partial charge >= 0.3 is 0 Å². The van der Waals surface area contributed by atoms with E-state index in [9.17, 15) is 9.59 Å². The third-order valence-electron chi connectivity index (χ3n) is 5.67. The van der Waals surface area contributed by atoms with Crippen LogP contribution in [0.2, 0.25) is 0 Å². The fourth-order valence-electron chi connectivity index (χ4n) is 4.09. The number of hydrogen-bond donors (Lipinski definition) is 0. The fraction of sp³-hybridized carbons (Fsp3) is 0.478. The third kappa shape index (κ3) is 4.06. The van der Waals surface area contributed by atoms with Crippen molar-refractivity contribution in [2.24, 2.45) is 5.92 Å². The molecule has 0 spiro atoms. The van der Waals surface area contributed by atoms with Gasteiger partial charge in [0, 0.05) is 38.2 Å². The number of fused-ring (bicyclic) bond motifs is 1. The van der Waals surface area contributed by atoms with Crippen molar-refractivity contribution in [1.29, 1.82) is 0 Å². The molecule has 2 amide bonds. The van der Waals surface area contributed by atoms with E-state index in [0.717, 1.165) is 17.1 Å². The van der Waals surface area contributed by atoms with Crippen LogP contribution in [0, 0.1) is 26.7 Å². The Morgan fingerprint density at radius 3 is 2.35 bits per heavy atom. The van der Waals surface area contributed by atoms with Crippen LogP contribution in [-0.4, -0.2) is 57.9 Å². The molecule has 31 heavy (non-hydrogen) atoms. The van der Waals surface area contributed by atoms with Crippen molar-refractivity contribution in [1.82, 2.24) is 19.9 Å². The summed E-state index contributed by atoms with van der Waals surface area (Å²) in [5.74, 6) is 1.88. The van der Waals surface area contributed by atoms with Crippen molar-refractivity contribution >= 4 is 22.9 Å². The summed E-state index contributed by atoms with van der Waals surface area (Å²) >= 11 is 0. The van der Waals surface area contributed by atoms with Gasteiger partial charge in [0.1, 0.15) is 11.5 Å². The minimum atomic E-state index is -0.103. The lowest BCUT2D eigenvalue weighted by Gasteiger charge is -2.35. The summed E-state index contributed by atoms with van der Waals surface area (Å²) in [6.07, 6.45) is 0.533. The molecule has 4 rings (SSSR count). The topological polar surface area (TPSA) is 92.7 Å². The predicted molar refractivity (Wildman–Crippen MR) is 116 cm³/mol. The lowest BCUT2D eigenvalue weighted by molar-refractivity contribution is -0.133. The molecule has 8 heteroatoms. The van der Waals surface area contributed by atoms with E-state index in [2.05, 4.69) is 10.1 Å². The smallest absolute Gasteiger partial charge is 0.259 e. The van der Waals surface area contributed by atoms with Crippen LogP contribution in [0.25, 0.3) is 22.4 Å². The van der Waals surface area contributed by atoms with E-state index in [-0.39, 0.29) is 11.8 Å². The molecule has 4 heterocycles. The van der Waals surface area contributed by atoms with Gasteiger partial charge in [-0.15, -0.1) is 0 Å². The molecule has 1 aliphatic heterocycles. The van der Waals surface area contributed by atoms with E-state index in [0.29, 0.717) is 66.6 Å². The quantitative estimate of drug-likeness (QED) is 0.633. The molecule has 164 valence electrons. The van der Waals surface area contributed by atoms with E-state index in [1.54, 1.807) is 17.9 Å². The van der Waals surface area contributed by atoms with Crippen LogP contribution < -0.4 is 0 Å². The summed E-state index contributed by atoms with van der Waals surface area (Å²) in [4.78, 5) is 34.1. The molecule has 1 aliphatic rings. The van der Waals surface area contributed by atoms with Crippen LogP contribution in [0.15, 0.2) is 21.1 Å². The Morgan fingerprint density at radius 2 is 1.74 bits per heavy atom. The van der Waals surface area contributed by atoms with E-state index in [1.807, 2.05) is 38.7 Å². The van der Waals surface area contributed by atoms with E-state index >= 15 is 0 Å². The van der Waals surface area contributed by atoms with Gasteiger partial charge in [-0.2, -0.15) is 0 Å². The number of rotatable bonds is 4. The van der Waals surface area contributed by atoms with Crippen molar-refractivity contribution < 1.29 is 18.5 Å². The first kappa shape index (κ1) is 21.1. The molecule has 3 aromatic rings. The zero-order valence-corrected chi connectivity index (χ0v) is 18.7. The first-order valence-corrected chi connectivity index (χ1v) is 10.7. The Bertz CT molecular complexity index is 1140. The highest BCUT2D eigenvalue weighted by Crippen LogP contribution is 2.31. The molecule has 0 unspecified atom stereocenters. The van der Waals surface area contributed by atoms with Crippen LogP contribution in [0.1, 0.15) is 47.8 Å². The number of amides is 2. The van der Waals surface area contributed by atoms with Gasteiger partial charge in [0.15, 0.2) is 0 Å². The van der Waals surface area contributed by atoms with Gasteiger partial charge in [0.05, 0.1) is 22.3 Å². The minimum absolute atomic E-state index is 0.103. The van der Waals surface area contributed by atoms with Gasteiger partial charge < -0.3 is 18.7 Å². The van der Waals surface area contributed by atoms with Gasteiger partial charge in [0.25, 0.3) is 11.6 Å². The van der Waals surface area contributed by atoms with Gasteiger partial charge in [-0.25, -0.2) is 4.98 Å². The zero-order chi connectivity index (χ0) is 22.3. The molecule has 0 bridgehead atoms. The summed E-state index contributed by atoms with van der Waals surface area (Å²) < 4.78 is 11.1. The van der Waals surface area contributed by atoms with Crippen molar-refractivity contribution in [3.05, 3.63) is 34.9 Å². The van der Waals surface area contributed by atoms with Crippen molar-refractivity contribution in [3.8, 4) is 11.3 Å². The Hall–Kier alpha value is -3.16. The summed E-state index contributed by atoms with van der Waals surface area (Å²) in [6, 6.07) is 3.70. The standard InChI is InChI=1S/C23H28N4O4/c1-13(2)10-20(28)26-6-8-27(9-7-26)23(29)18-12-19(17-11-14(3)30-16(17)5)24-22-21(18)15(4)25-31-22/h11-13H,6-10H2,1-5H3. The van der Waals surface area contributed by atoms with Crippen LogP contribution in [-0.2, 0) is 4.79 Å². The van der Waals surface area contributed by atoms with Gasteiger partial charge in [-0.05, 0) is 38.8 Å². The minimum Gasteiger partial charge on any atom is -0.466 e. The number of hydrogen-bond acceptors (Lipinski definition) is 6. The van der Waals surface area contributed by atoms with Gasteiger partial charge in [-0.1, -0.05) is 19.0 Å². The lowest BCUT2D eigenvalue weighted by atomic mass is 10.0. The Balaban J connectivity index is 1.63. The highest BCUT2D eigenvalue weighted by Gasteiger charge is 2.28. The SMILES string of the molecule is Cc1cc(-c2cc(C(=O)N3CCN(C(=O)CC(C)C)CC3)c3c(C)noc3n2)c(C)o1. The number of nitrogens with zero attached hydrogens (tertiary/aromatic N) is 4. The highest BCUT2D eigenvalue weighted by molar-refractivity contribution is 6.07. The monoisotopic (exact) mass is 424 g/mol. The summed E-state index contributed by atoms with van der Waals surface area (Å²) in [7, 11) is 0. The molecule has 0 aliphatic carbocycles. The molecule has 0 atom stereocenters. The maximum Gasteiger partial charge on any atom is 0.259 e. The van der Waals surface area contributed by atoms with E-state index in [4.69, 9.17) is 8.94 Å². The van der Waals surface area contributed by atoms with Crippen LogP contribution >= 0.6 is 0 Å². The highest BCUT2D eigenvalue weighted by atomic mass is 16.5. The number of carbonyl (C=O) groups is 2. The average molecular weight is 425 g/mol.